The van der Waals surface area contributed by atoms with Crippen LogP contribution < -0.4 is 5.32 Å². The van der Waals surface area contributed by atoms with Gasteiger partial charge in [0.15, 0.2) is 0 Å². The normalized spacial score (nSPS) is 21.5. The Morgan fingerprint density at radius 1 is 1.53 bits per heavy atom. The lowest BCUT2D eigenvalue weighted by Gasteiger charge is -2.22. The molecule has 0 spiro atoms. The Morgan fingerprint density at radius 3 is 3.20 bits per heavy atom. The second-order valence-electron chi connectivity index (χ2n) is 3.62. The maximum absolute atomic E-state index is 5.72. The van der Waals surface area contributed by atoms with Gasteiger partial charge < -0.3 is 5.32 Å². The molecule has 82 valence electrons. The van der Waals surface area contributed by atoms with Gasteiger partial charge in [0.1, 0.15) is 5.03 Å². The van der Waals surface area contributed by atoms with E-state index in [9.17, 15) is 0 Å². The largest absolute Gasteiger partial charge is 0.313 e. The van der Waals surface area contributed by atoms with Gasteiger partial charge in [0.05, 0.1) is 0 Å². The lowest BCUT2D eigenvalue weighted by atomic mass is 10.1. The lowest BCUT2D eigenvalue weighted by molar-refractivity contribution is 0.430. The molecular formula is C10H14ClN3S. The van der Waals surface area contributed by atoms with Gasteiger partial charge in [-0.3, -0.25) is 0 Å². The Hall–Kier alpha value is -0.320. The SMILES string of the molecule is Clc1nccc(SC[C@H]2CCCCN2)n1. The van der Waals surface area contributed by atoms with E-state index in [0.717, 1.165) is 17.3 Å². The highest BCUT2D eigenvalue weighted by molar-refractivity contribution is 7.99. The zero-order valence-electron chi connectivity index (χ0n) is 8.45. The second-order valence-corrected chi connectivity index (χ2v) is 5.00. The molecule has 0 bridgehead atoms. The van der Waals surface area contributed by atoms with Gasteiger partial charge in [0, 0.05) is 18.0 Å². The summed E-state index contributed by atoms with van der Waals surface area (Å²) in [5.74, 6) is 1.06. The standard InChI is InChI=1S/C10H14ClN3S/c11-10-13-6-4-9(14-10)15-7-8-3-1-2-5-12-8/h4,6,8,12H,1-3,5,7H2/t8-/m1/s1. The third kappa shape index (κ3) is 3.63. The summed E-state index contributed by atoms with van der Waals surface area (Å²) in [6.07, 6.45) is 5.61. The molecule has 2 rings (SSSR count). The first kappa shape index (κ1) is 11.2. The molecule has 1 aromatic rings. The molecule has 1 N–H and O–H groups in total. The number of nitrogens with one attached hydrogen (secondary N) is 1. The van der Waals surface area contributed by atoms with E-state index in [4.69, 9.17) is 11.6 Å². The fourth-order valence-corrected chi connectivity index (χ4v) is 2.81. The van der Waals surface area contributed by atoms with Crippen molar-refractivity contribution in [1.82, 2.24) is 15.3 Å². The monoisotopic (exact) mass is 243 g/mol. The van der Waals surface area contributed by atoms with Crippen molar-refractivity contribution in [2.24, 2.45) is 0 Å². The third-order valence-electron chi connectivity index (χ3n) is 2.45. The third-order valence-corrected chi connectivity index (χ3v) is 3.72. The minimum Gasteiger partial charge on any atom is -0.313 e. The predicted octanol–water partition coefficient (Wildman–Crippen LogP) is 2.36. The van der Waals surface area contributed by atoms with E-state index in [1.54, 1.807) is 18.0 Å². The van der Waals surface area contributed by atoms with Gasteiger partial charge in [0.25, 0.3) is 0 Å². The van der Waals surface area contributed by atoms with Crippen LogP contribution in [0.1, 0.15) is 19.3 Å². The minimum atomic E-state index is 0.330. The van der Waals surface area contributed by atoms with Crippen molar-refractivity contribution in [3.8, 4) is 0 Å². The maximum Gasteiger partial charge on any atom is 0.223 e. The molecule has 2 heterocycles. The van der Waals surface area contributed by atoms with Crippen molar-refractivity contribution in [2.75, 3.05) is 12.3 Å². The predicted molar refractivity (Wildman–Crippen MR) is 63.4 cm³/mol. The van der Waals surface area contributed by atoms with Crippen LogP contribution in [0.25, 0.3) is 0 Å². The molecule has 0 amide bonds. The van der Waals surface area contributed by atoms with Crippen molar-refractivity contribution in [3.05, 3.63) is 17.5 Å². The molecule has 1 atom stereocenters. The highest BCUT2D eigenvalue weighted by atomic mass is 35.5. The lowest BCUT2D eigenvalue weighted by Crippen LogP contribution is -2.35. The molecule has 1 aliphatic rings. The molecule has 0 aliphatic carbocycles. The fraction of sp³-hybridized carbons (Fsp3) is 0.600. The molecule has 5 heteroatoms. The molecular weight excluding hydrogens is 230 g/mol. The zero-order valence-corrected chi connectivity index (χ0v) is 10.0. The average molecular weight is 244 g/mol. The number of thioether (sulfide) groups is 1. The molecule has 0 aromatic carbocycles. The number of halogens is 1. The molecule has 0 unspecified atom stereocenters. The Morgan fingerprint density at radius 2 is 2.47 bits per heavy atom. The van der Waals surface area contributed by atoms with Crippen molar-refractivity contribution in [1.29, 1.82) is 0 Å². The van der Waals surface area contributed by atoms with Gasteiger partial charge in [-0.2, -0.15) is 0 Å². The van der Waals surface area contributed by atoms with Gasteiger partial charge in [-0.1, -0.05) is 6.42 Å². The molecule has 15 heavy (non-hydrogen) atoms. The quantitative estimate of drug-likeness (QED) is 0.503. The highest BCUT2D eigenvalue weighted by Crippen LogP contribution is 2.19. The average Bonchev–Trinajstić information content (AvgIpc) is 2.28. The van der Waals surface area contributed by atoms with Crippen LogP contribution in [0.15, 0.2) is 17.3 Å². The maximum atomic E-state index is 5.72. The van der Waals surface area contributed by atoms with Crippen LogP contribution in [0.3, 0.4) is 0 Å². The molecule has 1 aliphatic heterocycles. The number of aromatic nitrogens is 2. The molecule has 1 fully saturated rings. The minimum absolute atomic E-state index is 0.330. The summed E-state index contributed by atoms with van der Waals surface area (Å²) >= 11 is 7.46. The first-order valence-corrected chi connectivity index (χ1v) is 6.56. The number of hydrogen-bond acceptors (Lipinski definition) is 4. The van der Waals surface area contributed by atoms with E-state index < -0.39 is 0 Å². The van der Waals surface area contributed by atoms with E-state index in [1.807, 2.05) is 6.07 Å². The first-order valence-electron chi connectivity index (χ1n) is 5.19. The first-order chi connectivity index (χ1) is 7.34. The van der Waals surface area contributed by atoms with Crippen LogP contribution in [0.2, 0.25) is 5.28 Å². The summed E-state index contributed by atoms with van der Waals surface area (Å²) in [5.41, 5.74) is 0. The second kappa shape index (κ2) is 5.68. The van der Waals surface area contributed by atoms with E-state index >= 15 is 0 Å². The van der Waals surface area contributed by atoms with E-state index in [-0.39, 0.29) is 0 Å². The van der Waals surface area contributed by atoms with Crippen LogP contribution in [0.4, 0.5) is 0 Å². The Bertz CT molecular complexity index is 315. The van der Waals surface area contributed by atoms with Crippen molar-refractivity contribution >= 4 is 23.4 Å². The smallest absolute Gasteiger partial charge is 0.223 e. The number of rotatable bonds is 3. The Kier molecular flexibility index (Phi) is 4.23. The summed E-state index contributed by atoms with van der Waals surface area (Å²) in [4.78, 5) is 8.01. The molecule has 1 saturated heterocycles. The van der Waals surface area contributed by atoms with Crippen molar-refractivity contribution < 1.29 is 0 Å². The van der Waals surface area contributed by atoms with Crippen molar-refractivity contribution in [2.45, 2.75) is 30.3 Å². The molecule has 1 aromatic heterocycles. The van der Waals surface area contributed by atoms with Gasteiger partial charge >= 0.3 is 0 Å². The number of nitrogens with zero attached hydrogens (tertiary/aromatic N) is 2. The fourth-order valence-electron chi connectivity index (χ4n) is 1.65. The van der Waals surface area contributed by atoms with Gasteiger partial charge in [-0.15, -0.1) is 11.8 Å². The number of piperidine rings is 1. The summed E-state index contributed by atoms with van der Waals surface area (Å²) in [7, 11) is 0. The Labute approximate surface area is 99.0 Å². The van der Waals surface area contributed by atoms with E-state index in [2.05, 4.69) is 15.3 Å². The topological polar surface area (TPSA) is 37.8 Å². The molecule has 0 radical (unpaired) electrons. The van der Waals surface area contributed by atoms with Crippen LogP contribution in [-0.4, -0.2) is 28.3 Å². The van der Waals surface area contributed by atoms with Crippen LogP contribution in [0, 0.1) is 0 Å². The van der Waals surface area contributed by atoms with E-state index in [1.165, 1.54) is 19.3 Å². The Balaban J connectivity index is 1.81. The summed E-state index contributed by atoms with van der Waals surface area (Å²) < 4.78 is 0. The summed E-state index contributed by atoms with van der Waals surface area (Å²) in [5, 5.41) is 4.80. The van der Waals surface area contributed by atoms with Crippen LogP contribution >= 0.6 is 23.4 Å². The number of hydrogen-bond donors (Lipinski definition) is 1. The molecule has 0 saturated carbocycles. The van der Waals surface area contributed by atoms with E-state index in [0.29, 0.717) is 11.3 Å². The van der Waals surface area contributed by atoms with Crippen molar-refractivity contribution in [3.63, 3.8) is 0 Å². The molecule has 3 nitrogen and oxygen atoms in total. The van der Waals surface area contributed by atoms with Gasteiger partial charge in [0.2, 0.25) is 5.28 Å². The van der Waals surface area contributed by atoms with Gasteiger partial charge in [-0.25, -0.2) is 9.97 Å². The van der Waals surface area contributed by atoms with Crippen LogP contribution in [-0.2, 0) is 0 Å². The summed E-state index contributed by atoms with van der Waals surface area (Å²) in [6, 6.07) is 2.52. The van der Waals surface area contributed by atoms with Crippen LogP contribution in [0.5, 0.6) is 0 Å². The van der Waals surface area contributed by atoms with Gasteiger partial charge in [-0.05, 0) is 37.1 Å². The highest BCUT2D eigenvalue weighted by Gasteiger charge is 2.12. The summed E-state index contributed by atoms with van der Waals surface area (Å²) in [6.45, 7) is 1.15. The zero-order chi connectivity index (χ0) is 10.5.